The van der Waals surface area contributed by atoms with Crippen molar-refractivity contribution in [2.24, 2.45) is 5.73 Å². The summed E-state index contributed by atoms with van der Waals surface area (Å²) in [5.41, 5.74) is 9.86. The van der Waals surface area contributed by atoms with Gasteiger partial charge in [0.1, 0.15) is 17.9 Å². The van der Waals surface area contributed by atoms with E-state index in [1.54, 1.807) is 0 Å². The molecule has 0 unspecified atom stereocenters. The van der Waals surface area contributed by atoms with E-state index in [0.29, 0.717) is 19.2 Å². The number of nitrogens with zero attached hydrogens (tertiary/aromatic N) is 1. The lowest BCUT2D eigenvalue weighted by molar-refractivity contribution is 0.331. The Bertz CT molecular complexity index is 949. The Balaban J connectivity index is 0.00000171. The molecular weight excluding hydrogens is 431 g/mol. The Labute approximate surface area is 197 Å². The van der Waals surface area contributed by atoms with Crippen LogP contribution in [0.5, 0.6) is 5.75 Å². The average Bonchev–Trinajstić information content (AvgIpc) is 2.77. The Hall–Kier alpha value is -2.05. The average molecular weight is 463 g/mol. The van der Waals surface area contributed by atoms with Crippen LogP contribution < -0.4 is 21.1 Å². The quantitative estimate of drug-likeness (QED) is 0.459. The zero-order chi connectivity index (χ0) is 20.1. The largest absolute Gasteiger partial charge is 0.490 e. The molecule has 1 aliphatic rings. The zero-order valence-electron chi connectivity index (χ0n) is 17.8. The van der Waals surface area contributed by atoms with Gasteiger partial charge in [0.05, 0.1) is 6.04 Å². The summed E-state index contributed by atoms with van der Waals surface area (Å²) in [7, 11) is 0. The van der Waals surface area contributed by atoms with E-state index >= 15 is 0 Å². The number of fused-ring (bicyclic) bond motifs is 1. The molecule has 0 radical (unpaired) electrons. The molecule has 168 valence electrons. The van der Waals surface area contributed by atoms with Gasteiger partial charge < -0.3 is 21.1 Å². The highest BCUT2D eigenvalue weighted by atomic mass is 35.5. The molecule has 3 aromatic rings. The van der Waals surface area contributed by atoms with Crippen molar-refractivity contribution in [2.45, 2.75) is 38.3 Å². The summed E-state index contributed by atoms with van der Waals surface area (Å²) in [4.78, 5) is 4.76. The van der Waals surface area contributed by atoms with Crippen molar-refractivity contribution in [3.63, 3.8) is 0 Å². The monoisotopic (exact) mass is 462 g/mol. The van der Waals surface area contributed by atoms with E-state index in [9.17, 15) is 0 Å². The van der Waals surface area contributed by atoms with Gasteiger partial charge in [0.2, 0.25) is 0 Å². The highest BCUT2D eigenvalue weighted by Crippen LogP contribution is 2.34. The lowest BCUT2D eigenvalue weighted by atomic mass is 9.92. The number of pyridine rings is 1. The molecule has 4 N–H and O–H groups in total. The molecule has 0 bridgehead atoms. The number of anilines is 1. The van der Waals surface area contributed by atoms with Crippen LogP contribution in [0.3, 0.4) is 0 Å². The highest BCUT2D eigenvalue weighted by molar-refractivity contribution is 5.95. The second-order valence-electron chi connectivity index (χ2n) is 7.69. The third kappa shape index (κ3) is 6.01. The summed E-state index contributed by atoms with van der Waals surface area (Å²) in [6, 6.07) is 19.5. The number of piperidine rings is 1. The first kappa shape index (κ1) is 25.2. The first-order chi connectivity index (χ1) is 14.3. The molecule has 0 spiro atoms. The van der Waals surface area contributed by atoms with Gasteiger partial charge in [-0.2, -0.15) is 0 Å². The van der Waals surface area contributed by atoms with Crippen LogP contribution >= 0.6 is 24.8 Å². The Morgan fingerprint density at radius 2 is 1.94 bits per heavy atom. The number of para-hydroxylation sites is 1. The van der Waals surface area contributed by atoms with E-state index in [4.69, 9.17) is 15.5 Å². The predicted molar refractivity (Wildman–Crippen MR) is 134 cm³/mol. The molecule has 0 aliphatic carbocycles. The van der Waals surface area contributed by atoms with Gasteiger partial charge in [-0.15, -0.1) is 24.8 Å². The number of hydrogen-bond acceptors (Lipinski definition) is 5. The van der Waals surface area contributed by atoms with E-state index in [1.807, 2.05) is 19.1 Å². The normalized spacial score (nSPS) is 16.6. The molecule has 2 heterocycles. The molecule has 2 atom stereocenters. The van der Waals surface area contributed by atoms with Crippen molar-refractivity contribution in [1.29, 1.82) is 0 Å². The summed E-state index contributed by atoms with van der Waals surface area (Å²) in [5.74, 6) is 0.784. The fourth-order valence-electron chi connectivity index (χ4n) is 4.16. The van der Waals surface area contributed by atoms with Crippen molar-refractivity contribution >= 4 is 41.4 Å². The van der Waals surface area contributed by atoms with Gasteiger partial charge in [-0.3, -0.25) is 0 Å². The molecular formula is C24H32Cl2N4O. The van der Waals surface area contributed by atoms with Gasteiger partial charge in [0.25, 0.3) is 0 Å². The lowest BCUT2D eigenvalue weighted by Crippen LogP contribution is -2.41. The molecule has 7 heteroatoms. The fraction of sp³-hybridized carbons (Fsp3) is 0.375. The van der Waals surface area contributed by atoms with Crippen molar-refractivity contribution in [1.82, 2.24) is 10.3 Å². The third-order valence-electron chi connectivity index (χ3n) is 5.53. The van der Waals surface area contributed by atoms with E-state index in [-0.39, 0.29) is 30.9 Å². The van der Waals surface area contributed by atoms with Crippen LogP contribution in [0, 0.1) is 6.92 Å². The van der Waals surface area contributed by atoms with Crippen molar-refractivity contribution < 1.29 is 4.74 Å². The second-order valence-corrected chi connectivity index (χ2v) is 7.69. The maximum Gasteiger partial charge on any atom is 0.145 e. The number of rotatable bonds is 7. The first-order valence-corrected chi connectivity index (χ1v) is 10.5. The number of ether oxygens (including phenoxy) is 1. The molecule has 5 nitrogen and oxygen atoms in total. The summed E-state index contributed by atoms with van der Waals surface area (Å²) < 4.78 is 5.86. The summed E-state index contributed by atoms with van der Waals surface area (Å²) in [6.07, 6.45) is 3.67. The van der Waals surface area contributed by atoms with E-state index < -0.39 is 0 Å². The molecule has 4 rings (SSSR count). The van der Waals surface area contributed by atoms with Gasteiger partial charge in [-0.05, 0) is 44.0 Å². The van der Waals surface area contributed by atoms with Crippen LogP contribution in [0.4, 0.5) is 5.69 Å². The summed E-state index contributed by atoms with van der Waals surface area (Å²) >= 11 is 0. The van der Waals surface area contributed by atoms with Gasteiger partial charge in [-0.1, -0.05) is 48.9 Å². The molecule has 31 heavy (non-hydrogen) atoms. The van der Waals surface area contributed by atoms with E-state index in [1.165, 1.54) is 24.8 Å². The molecule has 1 fully saturated rings. The van der Waals surface area contributed by atoms with Gasteiger partial charge in [-0.25, -0.2) is 4.98 Å². The number of benzene rings is 2. The standard InChI is InChI=1S/C24H30N4O.2ClH/c1-17-16-21(19-10-7-12-22(24(19)27-17)29-15-13-25)28-23(18-8-3-2-4-9-18)20-11-5-6-14-26-20;;/h2-4,7-10,12,16,20,23,26H,5-6,11,13-15,25H2,1H3,(H,27,28);2*1H/t20-,23-;;/m0../s1. The Morgan fingerprint density at radius 1 is 1.13 bits per heavy atom. The van der Waals surface area contributed by atoms with Gasteiger partial charge in [0, 0.05) is 29.4 Å². The molecule has 1 aromatic heterocycles. The summed E-state index contributed by atoms with van der Waals surface area (Å²) in [6.45, 7) is 4.07. The summed E-state index contributed by atoms with van der Waals surface area (Å²) in [5, 5.41) is 8.64. The smallest absolute Gasteiger partial charge is 0.145 e. The number of nitrogens with one attached hydrogen (secondary N) is 2. The minimum atomic E-state index is 0. The topological polar surface area (TPSA) is 72.2 Å². The molecule has 0 saturated carbocycles. The van der Waals surface area contributed by atoms with Crippen molar-refractivity contribution in [3.05, 3.63) is 65.9 Å². The minimum Gasteiger partial charge on any atom is -0.490 e. The number of aromatic nitrogens is 1. The zero-order valence-corrected chi connectivity index (χ0v) is 19.5. The second kappa shape index (κ2) is 12.1. The SMILES string of the molecule is Cc1cc(N[C@@H](c2ccccc2)[C@@H]2CCCCN2)c2cccc(OCCN)c2n1.Cl.Cl. The molecule has 0 amide bonds. The van der Waals surface area contributed by atoms with Crippen LogP contribution in [0.1, 0.15) is 36.6 Å². The number of nitrogens with two attached hydrogens (primary N) is 1. The Morgan fingerprint density at radius 3 is 2.65 bits per heavy atom. The van der Waals surface area contributed by atoms with Crippen molar-refractivity contribution in [3.8, 4) is 5.75 Å². The van der Waals surface area contributed by atoms with Crippen LogP contribution in [-0.2, 0) is 0 Å². The fourth-order valence-corrected chi connectivity index (χ4v) is 4.16. The van der Waals surface area contributed by atoms with Gasteiger partial charge in [0.15, 0.2) is 0 Å². The predicted octanol–water partition coefficient (Wildman–Crippen LogP) is 5.02. The number of halogens is 2. The Kier molecular flexibility index (Phi) is 9.85. The lowest BCUT2D eigenvalue weighted by Gasteiger charge is -2.33. The number of hydrogen-bond donors (Lipinski definition) is 3. The van der Waals surface area contributed by atoms with Gasteiger partial charge >= 0.3 is 0 Å². The highest BCUT2D eigenvalue weighted by Gasteiger charge is 2.25. The molecule has 1 saturated heterocycles. The van der Waals surface area contributed by atoms with E-state index in [2.05, 4.69) is 53.1 Å². The van der Waals surface area contributed by atoms with Crippen LogP contribution in [0.2, 0.25) is 0 Å². The maximum atomic E-state index is 5.86. The van der Waals surface area contributed by atoms with Crippen LogP contribution in [0.25, 0.3) is 10.9 Å². The van der Waals surface area contributed by atoms with E-state index in [0.717, 1.165) is 34.6 Å². The molecule has 2 aromatic carbocycles. The van der Waals surface area contributed by atoms with Crippen LogP contribution in [0.15, 0.2) is 54.6 Å². The first-order valence-electron chi connectivity index (χ1n) is 10.5. The number of aryl methyl sites for hydroxylation is 1. The third-order valence-corrected chi connectivity index (χ3v) is 5.53. The minimum absolute atomic E-state index is 0. The van der Waals surface area contributed by atoms with Crippen LogP contribution in [-0.4, -0.2) is 30.7 Å². The maximum absolute atomic E-state index is 5.86. The molecule has 1 aliphatic heterocycles. The van der Waals surface area contributed by atoms with Crippen molar-refractivity contribution in [2.75, 3.05) is 25.0 Å².